The quantitative estimate of drug-likeness (QED) is 0.368. The van der Waals surface area contributed by atoms with E-state index in [4.69, 9.17) is 0 Å². The van der Waals surface area contributed by atoms with Crippen LogP contribution >= 0.6 is 0 Å². The van der Waals surface area contributed by atoms with E-state index >= 15 is 0 Å². The van der Waals surface area contributed by atoms with Crippen LogP contribution in [0.4, 0.5) is 5.69 Å². The van der Waals surface area contributed by atoms with Gasteiger partial charge in [0.25, 0.3) is 0 Å². The molecule has 2 amide bonds. The van der Waals surface area contributed by atoms with E-state index < -0.39 is 0 Å². The summed E-state index contributed by atoms with van der Waals surface area (Å²) >= 11 is 0. The minimum absolute atomic E-state index is 0.0370. The summed E-state index contributed by atoms with van der Waals surface area (Å²) in [7, 11) is 0. The van der Waals surface area contributed by atoms with Crippen LogP contribution in [0.2, 0.25) is 0 Å². The Kier molecular flexibility index (Phi) is 7.73. The average molecular weight is 512 g/mol. The van der Waals surface area contributed by atoms with Crippen LogP contribution in [0.15, 0.2) is 48.5 Å². The van der Waals surface area contributed by atoms with Gasteiger partial charge in [-0.2, -0.15) is 0 Å². The number of aryl methyl sites for hydroxylation is 1. The molecule has 2 atom stereocenters. The van der Waals surface area contributed by atoms with Crippen LogP contribution in [-0.4, -0.2) is 11.8 Å². The standard InChI is InChI=1S/C35H45NO2/c1-24-6-8-25(9-7-24)22-26-10-16-29(17-11-26)30-18-12-27(13-19-30)23-28-14-20-31(21-15-28)36-34(37)32-4-2-3-5-33(32)35(36)38/h6-9,14-15,20-21,26-27,29-30,32-33H,2-5,10-13,16-19,22-23H2,1H3. The summed E-state index contributed by atoms with van der Waals surface area (Å²) < 4.78 is 0. The van der Waals surface area contributed by atoms with Crippen molar-refractivity contribution in [2.75, 3.05) is 4.90 Å². The number of anilines is 1. The number of imide groups is 1. The Labute approximate surface area is 229 Å². The van der Waals surface area contributed by atoms with Crippen LogP contribution in [0.5, 0.6) is 0 Å². The molecular formula is C35H45NO2. The highest BCUT2D eigenvalue weighted by atomic mass is 16.2. The fourth-order valence-electron chi connectivity index (χ4n) is 8.32. The molecule has 3 aliphatic carbocycles. The fraction of sp³-hybridized carbons (Fsp3) is 0.600. The normalized spacial score (nSPS) is 31.9. The van der Waals surface area contributed by atoms with Crippen molar-refractivity contribution >= 4 is 17.5 Å². The SMILES string of the molecule is Cc1ccc(CC2CCC(C3CCC(Cc4ccc(N5C(=O)C6CCCCC6C5=O)cc4)CC3)CC2)cc1. The molecule has 0 spiro atoms. The lowest BCUT2D eigenvalue weighted by Gasteiger charge is -2.38. The van der Waals surface area contributed by atoms with Gasteiger partial charge in [0.2, 0.25) is 11.8 Å². The number of nitrogens with zero attached hydrogens (tertiary/aromatic N) is 1. The largest absolute Gasteiger partial charge is 0.274 e. The van der Waals surface area contributed by atoms with Crippen LogP contribution in [0.3, 0.4) is 0 Å². The molecule has 0 aromatic heterocycles. The van der Waals surface area contributed by atoms with Gasteiger partial charge in [-0.15, -0.1) is 0 Å². The number of hydrogen-bond donors (Lipinski definition) is 0. The summed E-state index contributed by atoms with van der Waals surface area (Å²) in [6, 6.07) is 17.5. The third-order valence-electron chi connectivity index (χ3n) is 10.7. The van der Waals surface area contributed by atoms with Crippen LogP contribution in [0, 0.1) is 42.4 Å². The molecule has 3 nitrogen and oxygen atoms in total. The zero-order chi connectivity index (χ0) is 26.1. The van der Waals surface area contributed by atoms with E-state index in [-0.39, 0.29) is 23.7 Å². The van der Waals surface area contributed by atoms with Gasteiger partial charge in [-0.1, -0.05) is 54.8 Å². The molecule has 2 aromatic rings. The minimum Gasteiger partial charge on any atom is -0.274 e. The maximum absolute atomic E-state index is 12.9. The Balaban J connectivity index is 0.958. The van der Waals surface area contributed by atoms with Crippen LogP contribution in [0.1, 0.15) is 93.7 Å². The van der Waals surface area contributed by atoms with Crippen molar-refractivity contribution in [3.05, 3.63) is 65.2 Å². The summed E-state index contributed by atoms with van der Waals surface area (Å²) in [6.45, 7) is 2.17. The first-order chi connectivity index (χ1) is 18.5. The molecule has 4 fully saturated rings. The first-order valence-corrected chi connectivity index (χ1v) is 15.6. The molecule has 2 unspecified atom stereocenters. The van der Waals surface area contributed by atoms with Gasteiger partial charge in [0.1, 0.15) is 0 Å². The Hall–Kier alpha value is -2.42. The maximum atomic E-state index is 12.9. The predicted molar refractivity (Wildman–Crippen MR) is 154 cm³/mol. The molecule has 0 N–H and O–H groups in total. The molecule has 202 valence electrons. The topological polar surface area (TPSA) is 37.4 Å². The van der Waals surface area contributed by atoms with E-state index in [1.54, 1.807) is 0 Å². The van der Waals surface area contributed by atoms with Crippen molar-refractivity contribution in [2.45, 2.75) is 96.8 Å². The third-order valence-corrected chi connectivity index (χ3v) is 10.7. The monoisotopic (exact) mass is 511 g/mol. The van der Waals surface area contributed by atoms with Gasteiger partial charge in [0.05, 0.1) is 17.5 Å². The molecule has 1 aliphatic heterocycles. The highest BCUT2D eigenvalue weighted by Gasteiger charge is 2.48. The lowest BCUT2D eigenvalue weighted by atomic mass is 9.68. The zero-order valence-corrected chi connectivity index (χ0v) is 23.2. The summed E-state index contributed by atoms with van der Waals surface area (Å²) in [5, 5.41) is 0. The van der Waals surface area contributed by atoms with E-state index in [1.807, 2.05) is 12.1 Å². The lowest BCUT2D eigenvalue weighted by molar-refractivity contribution is -0.122. The fourth-order valence-corrected chi connectivity index (χ4v) is 8.32. The smallest absolute Gasteiger partial charge is 0.237 e. The highest BCUT2D eigenvalue weighted by Crippen LogP contribution is 2.43. The molecule has 4 aliphatic rings. The van der Waals surface area contributed by atoms with Crippen molar-refractivity contribution in [1.29, 1.82) is 0 Å². The van der Waals surface area contributed by atoms with Crippen molar-refractivity contribution in [2.24, 2.45) is 35.5 Å². The molecule has 0 bridgehead atoms. The van der Waals surface area contributed by atoms with Crippen molar-refractivity contribution in [3.8, 4) is 0 Å². The number of rotatable bonds is 6. The number of amides is 2. The Morgan fingerprint density at radius 3 is 1.45 bits per heavy atom. The van der Waals surface area contributed by atoms with Gasteiger partial charge in [-0.05, 0) is 131 Å². The van der Waals surface area contributed by atoms with Gasteiger partial charge < -0.3 is 0 Å². The maximum Gasteiger partial charge on any atom is 0.237 e. The van der Waals surface area contributed by atoms with Crippen molar-refractivity contribution in [3.63, 3.8) is 0 Å². The third kappa shape index (κ3) is 5.49. The second-order valence-electron chi connectivity index (χ2n) is 13.1. The molecule has 2 aromatic carbocycles. The average Bonchev–Trinajstić information content (AvgIpc) is 3.21. The molecule has 1 saturated heterocycles. The Bertz CT molecular complexity index is 1080. The Morgan fingerprint density at radius 2 is 1.00 bits per heavy atom. The first kappa shape index (κ1) is 25.8. The Morgan fingerprint density at radius 1 is 0.579 bits per heavy atom. The van der Waals surface area contributed by atoms with Gasteiger partial charge >= 0.3 is 0 Å². The van der Waals surface area contributed by atoms with Gasteiger partial charge in [0, 0.05) is 0 Å². The number of carbonyl (C=O) groups excluding carboxylic acids is 2. The van der Waals surface area contributed by atoms with Gasteiger partial charge in [0.15, 0.2) is 0 Å². The van der Waals surface area contributed by atoms with E-state index in [2.05, 4.69) is 43.3 Å². The second-order valence-corrected chi connectivity index (χ2v) is 13.1. The van der Waals surface area contributed by atoms with E-state index in [0.29, 0.717) is 0 Å². The van der Waals surface area contributed by atoms with Crippen LogP contribution in [0.25, 0.3) is 0 Å². The van der Waals surface area contributed by atoms with Gasteiger partial charge in [-0.3, -0.25) is 14.5 Å². The van der Waals surface area contributed by atoms with Crippen molar-refractivity contribution in [1.82, 2.24) is 0 Å². The number of benzene rings is 2. The first-order valence-electron chi connectivity index (χ1n) is 15.6. The van der Waals surface area contributed by atoms with E-state index in [9.17, 15) is 9.59 Å². The highest BCUT2D eigenvalue weighted by molar-refractivity contribution is 6.22. The predicted octanol–water partition coefficient (Wildman–Crippen LogP) is 8.07. The number of carbonyl (C=O) groups is 2. The molecule has 38 heavy (non-hydrogen) atoms. The molecule has 3 saturated carbocycles. The minimum atomic E-state index is -0.0747. The zero-order valence-electron chi connectivity index (χ0n) is 23.2. The number of hydrogen-bond acceptors (Lipinski definition) is 2. The molecule has 3 heteroatoms. The molecule has 0 radical (unpaired) electrons. The van der Waals surface area contributed by atoms with E-state index in [0.717, 1.165) is 61.5 Å². The summed E-state index contributed by atoms with van der Waals surface area (Å²) in [5.41, 5.74) is 5.01. The lowest BCUT2D eigenvalue weighted by Crippen LogP contribution is -2.30. The number of fused-ring (bicyclic) bond motifs is 1. The molecule has 1 heterocycles. The second kappa shape index (κ2) is 11.4. The van der Waals surface area contributed by atoms with Crippen LogP contribution in [-0.2, 0) is 22.4 Å². The van der Waals surface area contributed by atoms with E-state index in [1.165, 1.54) is 79.4 Å². The molecular weight excluding hydrogens is 466 g/mol. The van der Waals surface area contributed by atoms with Crippen molar-refractivity contribution < 1.29 is 9.59 Å². The van der Waals surface area contributed by atoms with Gasteiger partial charge in [-0.25, -0.2) is 0 Å². The summed E-state index contributed by atoms with van der Waals surface area (Å²) in [5.74, 6) is 3.46. The summed E-state index contributed by atoms with van der Waals surface area (Å²) in [6.07, 6.45) is 17.5. The van der Waals surface area contributed by atoms with Crippen LogP contribution < -0.4 is 4.90 Å². The molecule has 6 rings (SSSR count). The summed E-state index contributed by atoms with van der Waals surface area (Å²) in [4.78, 5) is 27.4.